The summed E-state index contributed by atoms with van der Waals surface area (Å²) in [5.74, 6) is -0.529. The smallest absolute Gasteiger partial charge is 0.436 e. The highest BCUT2D eigenvalue weighted by atomic mass is 35.5. The van der Waals surface area contributed by atoms with Gasteiger partial charge in [-0.2, -0.15) is 36.9 Å². The van der Waals surface area contributed by atoms with Crippen molar-refractivity contribution < 1.29 is 35.8 Å². The van der Waals surface area contributed by atoms with Gasteiger partial charge in [0.2, 0.25) is 5.69 Å². The molecule has 5 aromatic rings. The van der Waals surface area contributed by atoms with Gasteiger partial charge < -0.3 is 9.94 Å². The van der Waals surface area contributed by atoms with E-state index in [1.807, 2.05) is 0 Å². The Bertz CT molecular complexity index is 1720. The van der Waals surface area contributed by atoms with Gasteiger partial charge in [0.1, 0.15) is 23.9 Å². The average Bonchev–Trinajstić information content (AvgIpc) is 3.69. The lowest BCUT2D eigenvalue weighted by molar-refractivity contribution is -0.615. The molecule has 18 heteroatoms. The number of halogens is 7. The molecule has 0 unspecified atom stereocenters. The molecule has 4 heterocycles. The van der Waals surface area contributed by atoms with Crippen molar-refractivity contribution in [2.24, 2.45) is 0 Å². The minimum absolute atomic E-state index is 0.0186. The number of nitrogens with zero attached hydrogens (tertiary/aromatic N) is 9. The third-order valence-corrected chi connectivity index (χ3v) is 6.38. The van der Waals surface area contributed by atoms with E-state index in [0.29, 0.717) is 27.1 Å². The van der Waals surface area contributed by atoms with Crippen LogP contribution in [0.1, 0.15) is 29.7 Å². The first kappa shape index (κ1) is 29.0. The van der Waals surface area contributed by atoms with Crippen LogP contribution in [0.15, 0.2) is 55.4 Å². The highest BCUT2D eigenvalue weighted by Gasteiger charge is 2.35. The highest BCUT2D eigenvalue weighted by Crippen LogP contribution is 2.35. The van der Waals surface area contributed by atoms with Crippen LogP contribution < -0.4 is 4.73 Å². The van der Waals surface area contributed by atoms with Crippen molar-refractivity contribution in [1.82, 2.24) is 39.5 Å². The molecule has 0 N–H and O–H groups in total. The summed E-state index contributed by atoms with van der Waals surface area (Å²) in [7, 11) is 0. The van der Waals surface area contributed by atoms with Crippen LogP contribution in [-0.2, 0) is 10.9 Å². The summed E-state index contributed by atoms with van der Waals surface area (Å²) in [6.45, 7) is -1.81. The molecule has 4 aromatic heterocycles. The number of alkyl halides is 5. The van der Waals surface area contributed by atoms with Gasteiger partial charge in [-0.1, -0.05) is 16.8 Å². The van der Waals surface area contributed by atoms with E-state index in [1.54, 1.807) is 6.92 Å². The van der Waals surface area contributed by atoms with Crippen LogP contribution >= 0.6 is 11.6 Å². The quantitative estimate of drug-likeness (QED) is 0.135. The molecule has 42 heavy (non-hydrogen) atoms. The summed E-state index contributed by atoms with van der Waals surface area (Å²) in [5.41, 5.74) is -1.38. The van der Waals surface area contributed by atoms with Crippen molar-refractivity contribution in [3.05, 3.63) is 88.6 Å². The van der Waals surface area contributed by atoms with E-state index in [1.165, 1.54) is 46.3 Å². The van der Waals surface area contributed by atoms with Gasteiger partial charge in [0.25, 0.3) is 0 Å². The fraction of sp³-hybridized carbons (Fsp3) is 0.250. The Morgan fingerprint density at radius 3 is 2.55 bits per heavy atom. The number of aryl methyl sites for hydroxylation is 1. The summed E-state index contributed by atoms with van der Waals surface area (Å²) in [5, 5.41) is 27.9. The lowest BCUT2D eigenvalue weighted by Crippen LogP contribution is -2.36. The van der Waals surface area contributed by atoms with Crippen LogP contribution in [0.2, 0.25) is 5.02 Å². The molecule has 0 aliphatic rings. The fourth-order valence-corrected chi connectivity index (χ4v) is 4.34. The number of hydrogen-bond acceptors (Lipinski definition) is 7. The summed E-state index contributed by atoms with van der Waals surface area (Å²) in [4.78, 5) is 4.03. The molecule has 0 aliphatic heterocycles. The molecule has 1 atom stereocenters. The molecular formula is C24H18ClF6N9O2. The maximum Gasteiger partial charge on any atom is 0.436 e. The van der Waals surface area contributed by atoms with Gasteiger partial charge in [-0.05, 0) is 25.1 Å². The van der Waals surface area contributed by atoms with Crippen LogP contribution in [-0.4, -0.2) is 52.8 Å². The third kappa shape index (κ3) is 5.91. The first-order valence-electron chi connectivity index (χ1n) is 12.0. The van der Waals surface area contributed by atoms with Gasteiger partial charge in [0.15, 0.2) is 17.7 Å². The normalized spacial score (nSPS) is 12.8. The third-order valence-electron chi connectivity index (χ3n) is 6.09. The summed E-state index contributed by atoms with van der Waals surface area (Å²) < 4.78 is 88.3. The summed E-state index contributed by atoms with van der Waals surface area (Å²) in [6, 6.07) is 4.05. The van der Waals surface area contributed by atoms with Crippen LogP contribution in [0.5, 0.6) is 0 Å². The molecule has 1 aromatic carbocycles. The maximum atomic E-state index is 15.3. The van der Waals surface area contributed by atoms with Crippen molar-refractivity contribution in [3.8, 4) is 22.5 Å². The number of rotatable bonds is 9. The van der Waals surface area contributed by atoms with Gasteiger partial charge in [-0.3, -0.25) is 4.68 Å². The van der Waals surface area contributed by atoms with E-state index in [0.717, 1.165) is 12.3 Å². The Kier molecular flexibility index (Phi) is 7.87. The standard InChI is InChI=1S/C24H18ClF6N9O2/c1-13-32-12-39(35-13)15-8-33-37(10-15)17(6-7-42-23(27)28)18-4-2-14(9-40(18)41)21-19(5-3-16(25)22(21)26)38-11-20(34-36-38)24(29,30)31/h2-5,8-12,17,23H,6-7H2,1H3/t17-/m0/s1. The zero-order valence-electron chi connectivity index (χ0n) is 21.3. The van der Waals surface area contributed by atoms with E-state index in [9.17, 15) is 27.2 Å². The molecule has 220 valence electrons. The zero-order chi connectivity index (χ0) is 30.2. The molecule has 0 amide bonds. The summed E-state index contributed by atoms with van der Waals surface area (Å²) in [6.07, 6.45) is 1.02. The van der Waals surface area contributed by atoms with Crippen molar-refractivity contribution in [2.45, 2.75) is 32.2 Å². The average molecular weight is 614 g/mol. The Hall–Kier alpha value is -4.51. The molecule has 5 rings (SSSR count). The summed E-state index contributed by atoms with van der Waals surface area (Å²) >= 11 is 5.96. The van der Waals surface area contributed by atoms with E-state index in [2.05, 4.69) is 30.2 Å². The second-order valence-corrected chi connectivity index (χ2v) is 9.23. The SMILES string of the molecule is Cc1ncn(-c2cnn([C@@H](CCOC(F)F)c3ccc(-c4c(-n5cc(C(F)(F)F)nn5)ccc(Cl)c4F)c[n+]3[O-])c2)n1. The lowest BCUT2D eigenvalue weighted by atomic mass is 10.0. The Morgan fingerprint density at radius 1 is 1.12 bits per heavy atom. The zero-order valence-corrected chi connectivity index (χ0v) is 22.0. The van der Waals surface area contributed by atoms with Gasteiger partial charge >= 0.3 is 12.8 Å². The highest BCUT2D eigenvalue weighted by molar-refractivity contribution is 6.31. The number of pyridine rings is 1. The Balaban J connectivity index is 1.55. The lowest BCUT2D eigenvalue weighted by Gasteiger charge is -2.18. The van der Waals surface area contributed by atoms with Crippen LogP contribution in [0, 0.1) is 17.9 Å². The minimum Gasteiger partial charge on any atom is -0.618 e. The molecular weight excluding hydrogens is 596 g/mol. The van der Waals surface area contributed by atoms with E-state index in [-0.39, 0.29) is 34.0 Å². The second-order valence-electron chi connectivity index (χ2n) is 8.82. The van der Waals surface area contributed by atoms with Crippen molar-refractivity contribution in [2.75, 3.05) is 6.61 Å². The number of hydrogen-bond donors (Lipinski definition) is 0. The topological polar surface area (TPSA) is 115 Å². The molecule has 0 radical (unpaired) electrons. The molecule has 0 saturated heterocycles. The first-order chi connectivity index (χ1) is 19.9. The number of ether oxygens (including phenoxy) is 1. The first-order valence-corrected chi connectivity index (χ1v) is 12.3. The van der Waals surface area contributed by atoms with Crippen LogP contribution in [0.3, 0.4) is 0 Å². The predicted octanol–water partition coefficient (Wildman–Crippen LogP) is 4.68. The monoisotopic (exact) mass is 613 g/mol. The Labute approximate surface area is 237 Å². The van der Waals surface area contributed by atoms with Crippen molar-refractivity contribution in [1.29, 1.82) is 0 Å². The van der Waals surface area contributed by atoms with Gasteiger partial charge in [-0.25, -0.2) is 18.7 Å². The van der Waals surface area contributed by atoms with E-state index in [4.69, 9.17) is 11.6 Å². The van der Waals surface area contributed by atoms with Gasteiger partial charge in [-0.15, -0.1) is 5.10 Å². The maximum absolute atomic E-state index is 15.3. The molecule has 0 bridgehead atoms. The molecule has 11 nitrogen and oxygen atoms in total. The number of aromatic nitrogens is 9. The predicted molar refractivity (Wildman–Crippen MR) is 132 cm³/mol. The minimum atomic E-state index is -4.80. The van der Waals surface area contributed by atoms with Crippen LogP contribution in [0.25, 0.3) is 22.5 Å². The van der Waals surface area contributed by atoms with E-state index < -0.39 is 36.9 Å². The molecule has 0 spiro atoms. The van der Waals surface area contributed by atoms with Crippen LogP contribution in [0.4, 0.5) is 26.3 Å². The molecule has 0 fully saturated rings. The van der Waals surface area contributed by atoms with Gasteiger partial charge in [0.05, 0.1) is 47.0 Å². The Morgan fingerprint density at radius 2 is 1.90 bits per heavy atom. The van der Waals surface area contributed by atoms with E-state index >= 15 is 4.39 Å². The fourth-order valence-electron chi connectivity index (χ4n) is 4.19. The largest absolute Gasteiger partial charge is 0.618 e. The van der Waals surface area contributed by atoms with Crippen molar-refractivity contribution in [3.63, 3.8) is 0 Å². The van der Waals surface area contributed by atoms with Gasteiger partial charge in [0, 0.05) is 12.5 Å². The van der Waals surface area contributed by atoms with Crippen molar-refractivity contribution >= 4 is 11.6 Å². The molecule has 0 aliphatic carbocycles. The number of benzene rings is 1. The molecule has 0 saturated carbocycles. The second kappa shape index (κ2) is 11.4.